The summed E-state index contributed by atoms with van der Waals surface area (Å²) in [5.41, 5.74) is 2.17. The van der Waals surface area contributed by atoms with Gasteiger partial charge in [-0.05, 0) is 105 Å². The summed E-state index contributed by atoms with van der Waals surface area (Å²) in [5, 5.41) is 43.3. The van der Waals surface area contributed by atoms with E-state index in [0.717, 1.165) is 37.1 Å². The summed E-state index contributed by atoms with van der Waals surface area (Å²) in [6, 6.07) is 5.64. The number of hydrogen-bond donors (Lipinski definition) is 9. The van der Waals surface area contributed by atoms with Crippen LogP contribution < -0.4 is 31.9 Å². The van der Waals surface area contributed by atoms with Crippen LogP contribution in [0.5, 0.6) is 0 Å². The number of aliphatic carboxylic acids is 3. The summed E-state index contributed by atoms with van der Waals surface area (Å²) < 4.78 is 0. The van der Waals surface area contributed by atoms with Crippen molar-refractivity contribution in [2.75, 3.05) is 25.0 Å². The van der Waals surface area contributed by atoms with Crippen molar-refractivity contribution < 1.29 is 58.5 Å². The maximum atomic E-state index is 11.8. The molecule has 9 N–H and O–H groups in total. The highest BCUT2D eigenvalue weighted by Gasteiger charge is 2.20. The molecule has 0 aliphatic carbocycles. The summed E-state index contributed by atoms with van der Waals surface area (Å²) in [5.74, 6) is -3.21. The zero-order chi connectivity index (χ0) is 41.5. The number of benzene rings is 1. The molecule has 0 radical (unpaired) electrons. The Morgan fingerprint density at radius 1 is 0.667 bits per heavy atom. The van der Waals surface area contributed by atoms with Crippen LogP contribution in [0.15, 0.2) is 24.3 Å². The molecule has 2 atom stereocenters. The molecule has 0 aliphatic rings. The fourth-order valence-corrected chi connectivity index (χ4v) is 4.02. The lowest BCUT2D eigenvalue weighted by Crippen LogP contribution is -2.46. The van der Waals surface area contributed by atoms with Gasteiger partial charge in [0.05, 0.1) is 0 Å². The van der Waals surface area contributed by atoms with Crippen molar-refractivity contribution in [2.45, 2.75) is 130 Å². The van der Waals surface area contributed by atoms with Crippen LogP contribution in [0.2, 0.25) is 0 Å². The van der Waals surface area contributed by atoms with Gasteiger partial charge in [-0.2, -0.15) is 19.2 Å². The standard InChI is InChI=1S/C18H27N3O5.C15H31N3O3.2CO2.CH4/c1-18(2,3)21-13-6-4-12(5-7-13)10-11-19-17(26)20-14(16(24)25)8-9-15(22)23;1-12(8-9-13(19)20)18-14(21)16-10-6-5-7-11-17-15(2,3)4;2*2-1-3;/h4-7,14,21H,8-11H2,1-3H3,(H,22,23)(H,24,25)(H2,19,20,26);12,17H,5-11H2,1-4H3,(H,19,20)(H2,16,18,21);;;1H4/t14-;12-;;;/m01.../s1. The van der Waals surface area contributed by atoms with Crippen LogP contribution in [0.4, 0.5) is 15.3 Å². The first-order valence-electron chi connectivity index (χ1n) is 17.0. The van der Waals surface area contributed by atoms with Crippen molar-refractivity contribution >= 4 is 48.0 Å². The third-order valence-corrected chi connectivity index (χ3v) is 6.39. The zero-order valence-corrected chi connectivity index (χ0v) is 31.8. The number of amides is 4. The van der Waals surface area contributed by atoms with Gasteiger partial charge in [0.1, 0.15) is 6.04 Å². The molecular formula is C36H62N6O12. The number of rotatable bonds is 19. The molecule has 0 saturated carbocycles. The zero-order valence-electron chi connectivity index (χ0n) is 31.8. The van der Waals surface area contributed by atoms with Crippen molar-refractivity contribution in [3.63, 3.8) is 0 Å². The number of carbonyl (C=O) groups is 5. The van der Waals surface area contributed by atoms with Gasteiger partial charge < -0.3 is 47.2 Å². The highest BCUT2D eigenvalue weighted by Crippen LogP contribution is 2.15. The lowest BCUT2D eigenvalue weighted by atomic mass is 10.1. The fourth-order valence-electron chi connectivity index (χ4n) is 4.02. The topological polar surface area (TPSA) is 286 Å². The van der Waals surface area contributed by atoms with Crippen LogP contribution in [-0.2, 0) is 40.0 Å². The number of anilines is 1. The largest absolute Gasteiger partial charge is 0.481 e. The quantitative estimate of drug-likeness (QED) is 0.0909. The monoisotopic (exact) mass is 770 g/mol. The fraction of sp³-hybridized carbons (Fsp3) is 0.639. The third kappa shape index (κ3) is 41.1. The van der Waals surface area contributed by atoms with E-state index in [0.29, 0.717) is 25.9 Å². The minimum absolute atomic E-state index is 0. The maximum absolute atomic E-state index is 11.8. The van der Waals surface area contributed by atoms with Crippen LogP contribution in [0.25, 0.3) is 0 Å². The molecule has 0 heterocycles. The van der Waals surface area contributed by atoms with Crippen molar-refractivity contribution in [1.29, 1.82) is 0 Å². The van der Waals surface area contributed by atoms with E-state index in [-0.39, 0.29) is 62.1 Å². The highest BCUT2D eigenvalue weighted by molar-refractivity contribution is 5.83. The molecule has 0 spiro atoms. The second-order valence-corrected chi connectivity index (χ2v) is 13.7. The second kappa shape index (κ2) is 32.3. The molecule has 54 heavy (non-hydrogen) atoms. The number of carbonyl (C=O) groups excluding carboxylic acids is 6. The number of urea groups is 2. The lowest BCUT2D eigenvalue weighted by molar-refractivity contribution is -0.193. The Morgan fingerprint density at radius 2 is 1.13 bits per heavy atom. The van der Waals surface area contributed by atoms with E-state index in [2.05, 4.69) is 73.4 Å². The smallest absolute Gasteiger partial charge is 0.373 e. The molecule has 18 heteroatoms. The minimum atomic E-state index is -1.26. The molecule has 4 amide bonds. The molecule has 18 nitrogen and oxygen atoms in total. The van der Waals surface area contributed by atoms with Crippen LogP contribution >= 0.6 is 0 Å². The molecule has 0 fully saturated rings. The Hall–Kier alpha value is -5.31. The predicted octanol–water partition coefficient (Wildman–Crippen LogP) is 3.62. The van der Waals surface area contributed by atoms with E-state index in [4.69, 9.17) is 34.5 Å². The molecule has 1 aromatic rings. The molecule has 0 aliphatic heterocycles. The van der Waals surface area contributed by atoms with Crippen molar-refractivity contribution in [3.8, 4) is 0 Å². The van der Waals surface area contributed by atoms with Gasteiger partial charge in [-0.3, -0.25) is 9.59 Å². The summed E-state index contributed by atoms with van der Waals surface area (Å²) in [4.78, 5) is 87.8. The Kier molecular flexibility index (Phi) is 33.2. The SMILES string of the molecule is C.CC(C)(C)Nc1ccc(CCNC(=O)N[C@@H](CCC(=O)O)C(=O)O)cc1.C[C@H](CCC(=O)O)NC(=O)NCCCCCNC(C)(C)C.O=C=O.O=C=O. The number of carboxylic acid groups (broad SMARTS) is 3. The second-order valence-electron chi connectivity index (χ2n) is 13.7. The number of nitrogens with one attached hydrogen (secondary N) is 6. The minimum Gasteiger partial charge on any atom is -0.481 e. The van der Waals surface area contributed by atoms with Gasteiger partial charge in [-0.1, -0.05) is 26.0 Å². The van der Waals surface area contributed by atoms with E-state index < -0.39 is 30.0 Å². The Bertz CT molecular complexity index is 1270. The Labute approximate surface area is 318 Å². The molecule has 1 aromatic carbocycles. The molecule has 308 valence electrons. The summed E-state index contributed by atoms with van der Waals surface area (Å²) >= 11 is 0. The van der Waals surface area contributed by atoms with E-state index in [9.17, 15) is 24.0 Å². The van der Waals surface area contributed by atoms with Gasteiger partial charge in [0.25, 0.3) is 0 Å². The van der Waals surface area contributed by atoms with E-state index in [1.165, 1.54) is 0 Å². The normalized spacial score (nSPS) is 11.1. The lowest BCUT2D eigenvalue weighted by Gasteiger charge is -2.22. The number of carboxylic acids is 3. The van der Waals surface area contributed by atoms with Crippen LogP contribution in [0.3, 0.4) is 0 Å². The molecule has 0 bridgehead atoms. The molecule has 1 rings (SSSR count). The van der Waals surface area contributed by atoms with E-state index >= 15 is 0 Å². The van der Waals surface area contributed by atoms with E-state index in [1.807, 2.05) is 24.3 Å². The van der Waals surface area contributed by atoms with Crippen LogP contribution in [0.1, 0.15) is 106 Å². The number of unbranched alkanes of at least 4 members (excludes halogenated alkanes) is 2. The first kappa shape index (κ1) is 55.4. The van der Waals surface area contributed by atoms with Gasteiger partial charge in [-0.15, -0.1) is 0 Å². The Balaban J connectivity index is -0.000000403. The predicted molar refractivity (Wildman–Crippen MR) is 200 cm³/mol. The number of hydrogen-bond acceptors (Lipinski definition) is 11. The first-order valence-corrected chi connectivity index (χ1v) is 17.0. The van der Waals surface area contributed by atoms with Gasteiger partial charge >= 0.3 is 42.3 Å². The molecule has 0 aromatic heterocycles. The molecule has 0 saturated heterocycles. The molecule has 0 unspecified atom stereocenters. The third-order valence-electron chi connectivity index (χ3n) is 6.39. The van der Waals surface area contributed by atoms with Crippen molar-refractivity contribution in [1.82, 2.24) is 26.6 Å². The van der Waals surface area contributed by atoms with E-state index in [1.54, 1.807) is 6.92 Å². The summed E-state index contributed by atoms with van der Waals surface area (Å²) in [6.45, 7) is 16.4. The Morgan fingerprint density at radius 3 is 1.59 bits per heavy atom. The van der Waals surface area contributed by atoms with Gasteiger partial charge in [0.2, 0.25) is 0 Å². The van der Waals surface area contributed by atoms with Crippen molar-refractivity contribution in [3.05, 3.63) is 29.8 Å². The average Bonchev–Trinajstić information content (AvgIpc) is 3.02. The van der Waals surface area contributed by atoms with Gasteiger partial charge in [-0.25, -0.2) is 14.4 Å². The van der Waals surface area contributed by atoms with Crippen LogP contribution in [-0.4, -0.2) is 100 Å². The average molecular weight is 771 g/mol. The summed E-state index contributed by atoms with van der Waals surface area (Å²) in [6.07, 6.45) is 4.22. The van der Waals surface area contributed by atoms with Gasteiger partial charge in [0.15, 0.2) is 0 Å². The van der Waals surface area contributed by atoms with Crippen molar-refractivity contribution in [2.24, 2.45) is 0 Å². The van der Waals surface area contributed by atoms with Crippen LogP contribution in [0, 0.1) is 0 Å². The first-order chi connectivity index (χ1) is 24.6. The molecular weight excluding hydrogens is 708 g/mol. The maximum Gasteiger partial charge on any atom is 0.373 e. The van der Waals surface area contributed by atoms with Gasteiger partial charge in [0, 0.05) is 48.7 Å². The summed E-state index contributed by atoms with van der Waals surface area (Å²) in [7, 11) is 0. The highest BCUT2D eigenvalue weighted by atomic mass is 16.4.